The van der Waals surface area contributed by atoms with Gasteiger partial charge in [-0.3, -0.25) is 9.59 Å². The molecular formula is C13H16N2O3S. The molecule has 0 saturated carbocycles. The van der Waals surface area contributed by atoms with Gasteiger partial charge in [0.05, 0.1) is 6.10 Å². The molecule has 5 nitrogen and oxygen atoms in total. The minimum Gasteiger partial charge on any atom is -0.390 e. The molecule has 6 heteroatoms. The van der Waals surface area contributed by atoms with E-state index in [0.717, 1.165) is 10.5 Å². The molecule has 1 saturated heterocycles. The van der Waals surface area contributed by atoms with Crippen molar-refractivity contribution >= 4 is 23.6 Å². The third-order valence-corrected chi connectivity index (χ3v) is 3.80. The Morgan fingerprint density at radius 1 is 1.47 bits per heavy atom. The lowest BCUT2D eigenvalue weighted by Gasteiger charge is -2.12. The number of rotatable bonds is 4. The summed E-state index contributed by atoms with van der Waals surface area (Å²) in [5.74, 6) is -1.84. The Morgan fingerprint density at radius 2 is 2.16 bits per heavy atom. The van der Waals surface area contributed by atoms with Crippen LogP contribution in [0.1, 0.15) is 5.56 Å². The molecule has 0 spiro atoms. The third-order valence-electron chi connectivity index (χ3n) is 3.06. The van der Waals surface area contributed by atoms with Gasteiger partial charge in [0.1, 0.15) is 5.92 Å². The molecule has 19 heavy (non-hydrogen) atoms. The average molecular weight is 280 g/mol. The van der Waals surface area contributed by atoms with Crippen LogP contribution in [0.15, 0.2) is 29.2 Å². The number of β-amino-alcohol motifs (C(OH)–C–C–N with tert-alkyl or cyclic N) is 1. The summed E-state index contributed by atoms with van der Waals surface area (Å²) < 4.78 is 0. The molecule has 1 aliphatic rings. The molecule has 3 N–H and O–H groups in total. The normalized spacial score (nSPS) is 22.1. The van der Waals surface area contributed by atoms with Crippen molar-refractivity contribution in [1.82, 2.24) is 10.6 Å². The lowest BCUT2D eigenvalue weighted by atomic mass is 10.0. The van der Waals surface area contributed by atoms with E-state index >= 15 is 0 Å². The lowest BCUT2D eigenvalue weighted by molar-refractivity contribution is -0.135. The van der Waals surface area contributed by atoms with Crippen molar-refractivity contribution in [2.75, 3.05) is 12.8 Å². The van der Waals surface area contributed by atoms with E-state index in [1.54, 1.807) is 11.8 Å². The van der Waals surface area contributed by atoms with Gasteiger partial charge in [0.25, 0.3) is 0 Å². The zero-order valence-corrected chi connectivity index (χ0v) is 11.4. The lowest BCUT2D eigenvalue weighted by Crippen LogP contribution is -2.39. The largest absolute Gasteiger partial charge is 0.390 e. The molecule has 1 aliphatic heterocycles. The molecule has 102 valence electrons. The fraction of sp³-hybridized carbons (Fsp3) is 0.385. The van der Waals surface area contributed by atoms with Gasteiger partial charge in [-0.25, -0.2) is 0 Å². The van der Waals surface area contributed by atoms with E-state index in [-0.39, 0.29) is 6.54 Å². The van der Waals surface area contributed by atoms with E-state index < -0.39 is 23.8 Å². The Morgan fingerprint density at radius 3 is 2.68 bits per heavy atom. The zero-order chi connectivity index (χ0) is 13.8. The molecule has 2 atom stereocenters. The second-order valence-electron chi connectivity index (χ2n) is 4.36. The SMILES string of the molecule is CSc1ccc(CNC(=O)C2C(=O)NCC2O)cc1. The number of carbonyl (C=O) groups excluding carboxylic acids is 2. The summed E-state index contributed by atoms with van der Waals surface area (Å²) in [6.07, 6.45) is 1.06. The molecule has 0 aromatic heterocycles. The van der Waals surface area contributed by atoms with Crippen LogP contribution in [0.4, 0.5) is 0 Å². The van der Waals surface area contributed by atoms with Crippen LogP contribution in [0.5, 0.6) is 0 Å². The van der Waals surface area contributed by atoms with Crippen LogP contribution in [0, 0.1) is 5.92 Å². The first-order valence-corrected chi connectivity index (χ1v) is 7.20. The Bertz CT molecular complexity index is 475. The highest BCUT2D eigenvalue weighted by Crippen LogP contribution is 2.15. The first-order chi connectivity index (χ1) is 9.11. The van der Waals surface area contributed by atoms with Crippen molar-refractivity contribution in [3.8, 4) is 0 Å². The van der Waals surface area contributed by atoms with Crippen molar-refractivity contribution in [1.29, 1.82) is 0 Å². The summed E-state index contributed by atoms with van der Waals surface area (Å²) >= 11 is 1.65. The highest BCUT2D eigenvalue weighted by Gasteiger charge is 2.38. The van der Waals surface area contributed by atoms with Gasteiger partial charge in [-0.05, 0) is 24.0 Å². The summed E-state index contributed by atoms with van der Waals surface area (Å²) in [5, 5.41) is 14.7. The van der Waals surface area contributed by atoms with Crippen molar-refractivity contribution in [3.63, 3.8) is 0 Å². The summed E-state index contributed by atoms with van der Waals surface area (Å²) in [6.45, 7) is 0.489. The molecule has 2 unspecified atom stereocenters. The van der Waals surface area contributed by atoms with E-state index in [0.29, 0.717) is 6.54 Å². The summed E-state index contributed by atoms with van der Waals surface area (Å²) in [7, 11) is 0. The van der Waals surface area contributed by atoms with E-state index in [4.69, 9.17) is 0 Å². The first kappa shape index (κ1) is 13.9. The fourth-order valence-corrected chi connectivity index (χ4v) is 2.35. The maximum Gasteiger partial charge on any atom is 0.235 e. The number of carbonyl (C=O) groups is 2. The van der Waals surface area contributed by atoms with Crippen LogP contribution < -0.4 is 10.6 Å². The number of amides is 2. The van der Waals surface area contributed by atoms with E-state index in [1.165, 1.54) is 0 Å². The topological polar surface area (TPSA) is 78.4 Å². The fourth-order valence-electron chi connectivity index (χ4n) is 1.94. The van der Waals surface area contributed by atoms with Gasteiger partial charge in [-0.1, -0.05) is 12.1 Å². The van der Waals surface area contributed by atoms with Crippen LogP contribution >= 0.6 is 11.8 Å². The first-order valence-electron chi connectivity index (χ1n) is 5.98. The Labute approximate surface area is 115 Å². The number of thioether (sulfide) groups is 1. The van der Waals surface area contributed by atoms with Crippen molar-refractivity contribution in [3.05, 3.63) is 29.8 Å². The van der Waals surface area contributed by atoms with Gasteiger partial charge in [0.2, 0.25) is 11.8 Å². The van der Waals surface area contributed by atoms with Crippen LogP contribution in [0.2, 0.25) is 0 Å². The highest BCUT2D eigenvalue weighted by atomic mass is 32.2. The number of aliphatic hydroxyl groups is 1. The number of benzene rings is 1. The monoisotopic (exact) mass is 280 g/mol. The second kappa shape index (κ2) is 6.08. The zero-order valence-electron chi connectivity index (χ0n) is 10.6. The predicted octanol–water partition coefficient (Wildman–Crippen LogP) is 0.132. The van der Waals surface area contributed by atoms with Gasteiger partial charge in [0, 0.05) is 18.0 Å². The van der Waals surface area contributed by atoms with Crippen LogP contribution in [-0.4, -0.2) is 35.8 Å². The van der Waals surface area contributed by atoms with E-state index in [2.05, 4.69) is 10.6 Å². The molecule has 2 rings (SSSR count). The molecule has 0 aliphatic carbocycles. The second-order valence-corrected chi connectivity index (χ2v) is 5.24. The summed E-state index contributed by atoms with van der Waals surface area (Å²) in [5.41, 5.74) is 0.957. The number of hydrogen-bond donors (Lipinski definition) is 3. The summed E-state index contributed by atoms with van der Waals surface area (Å²) in [6, 6.07) is 7.81. The van der Waals surface area contributed by atoms with Gasteiger partial charge in [0.15, 0.2) is 0 Å². The molecule has 2 amide bonds. The smallest absolute Gasteiger partial charge is 0.235 e. The average Bonchev–Trinajstić information content (AvgIpc) is 2.76. The Balaban J connectivity index is 1.90. The van der Waals surface area contributed by atoms with Crippen LogP contribution in [0.3, 0.4) is 0 Å². The molecule has 1 aromatic carbocycles. The molecule has 0 radical (unpaired) electrons. The van der Waals surface area contributed by atoms with Crippen molar-refractivity contribution < 1.29 is 14.7 Å². The molecule has 1 fully saturated rings. The minimum absolute atomic E-state index is 0.138. The Hall–Kier alpha value is -1.53. The van der Waals surface area contributed by atoms with Crippen LogP contribution in [-0.2, 0) is 16.1 Å². The summed E-state index contributed by atoms with van der Waals surface area (Å²) in [4.78, 5) is 24.4. The van der Waals surface area contributed by atoms with Crippen molar-refractivity contribution in [2.24, 2.45) is 5.92 Å². The predicted molar refractivity (Wildman–Crippen MR) is 72.6 cm³/mol. The third kappa shape index (κ3) is 3.27. The van der Waals surface area contributed by atoms with E-state index in [1.807, 2.05) is 30.5 Å². The number of hydrogen-bond acceptors (Lipinski definition) is 4. The maximum atomic E-state index is 11.8. The maximum absolute atomic E-state index is 11.8. The van der Waals surface area contributed by atoms with E-state index in [9.17, 15) is 14.7 Å². The standard InChI is InChI=1S/C13H16N2O3S/c1-19-9-4-2-8(3-5-9)6-14-12(17)11-10(16)7-15-13(11)18/h2-5,10-11,16H,6-7H2,1H3,(H,14,17)(H,15,18). The van der Waals surface area contributed by atoms with Crippen LogP contribution in [0.25, 0.3) is 0 Å². The molecule has 1 heterocycles. The molecule has 1 aromatic rings. The highest BCUT2D eigenvalue weighted by molar-refractivity contribution is 7.98. The minimum atomic E-state index is -0.995. The van der Waals surface area contributed by atoms with Gasteiger partial charge in [-0.15, -0.1) is 11.8 Å². The number of aliphatic hydroxyl groups excluding tert-OH is 1. The number of nitrogens with one attached hydrogen (secondary N) is 2. The molecular weight excluding hydrogens is 264 g/mol. The Kier molecular flexibility index (Phi) is 4.44. The van der Waals surface area contributed by atoms with Gasteiger partial charge in [-0.2, -0.15) is 0 Å². The quantitative estimate of drug-likeness (QED) is 0.541. The van der Waals surface area contributed by atoms with Gasteiger partial charge < -0.3 is 15.7 Å². The van der Waals surface area contributed by atoms with Crippen molar-refractivity contribution in [2.45, 2.75) is 17.5 Å². The van der Waals surface area contributed by atoms with Gasteiger partial charge >= 0.3 is 0 Å². The molecule has 0 bridgehead atoms.